The molecule has 1 N–H and O–H groups in total. The van der Waals surface area contributed by atoms with Crippen molar-refractivity contribution < 1.29 is 14.7 Å². The van der Waals surface area contributed by atoms with Crippen LogP contribution in [0.15, 0.2) is 30.3 Å². The Morgan fingerprint density at radius 1 is 1.32 bits per heavy atom. The van der Waals surface area contributed by atoms with Crippen LogP contribution >= 0.6 is 0 Å². The molecule has 0 spiro atoms. The summed E-state index contributed by atoms with van der Waals surface area (Å²) in [4.78, 5) is 30.1. The average molecular weight is 298 g/mol. The van der Waals surface area contributed by atoms with Crippen LogP contribution in [0.25, 0.3) is 10.9 Å². The van der Waals surface area contributed by atoms with Gasteiger partial charge in [0.05, 0.1) is 17.0 Å². The number of aromatic nitrogens is 1. The van der Waals surface area contributed by atoms with Gasteiger partial charge in [0.15, 0.2) is 0 Å². The number of likely N-dealkylation sites (tertiary alicyclic amines) is 1. The van der Waals surface area contributed by atoms with Gasteiger partial charge in [-0.25, -0.2) is 0 Å². The minimum Gasteiger partial charge on any atom is -0.481 e. The number of carboxylic acids is 1. The first kappa shape index (κ1) is 14.5. The lowest BCUT2D eigenvalue weighted by molar-refractivity contribution is -0.143. The summed E-state index contributed by atoms with van der Waals surface area (Å²) in [6.45, 7) is 2.75. The molecule has 22 heavy (non-hydrogen) atoms. The van der Waals surface area contributed by atoms with E-state index in [4.69, 9.17) is 0 Å². The number of carbonyl (C=O) groups excluding carboxylic acids is 1. The molecule has 1 aromatic heterocycles. The molecule has 114 valence electrons. The molecule has 5 nitrogen and oxygen atoms in total. The van der Waals surface area contributed by atoms with E-state index in [1.165, 1.54) is 0 Å². The first-order chi connectivity index (χ1) is 10.6. The summed E-state index contributed by atoms with van der Waals surface area (Å²) >= 11 is 0. The lowest BCUT2D eigenvalue weighted by Gasteiger charge is -2.31. The van der Waals surface area contributed by atoms with Crippen molar-refractivity contribution >= 4 is 22.8 Å². The van der Waals surface area contributed by atoms with Crippen LogP contribution in [0.2, 0.25) is 0 Å². The van der Waals surface area contributed by atoms with E-state index in [9.17, 15) is 14.7 Å². The summed E-state index contributed by atoms with van der Waals surface area (Å²) in [6, 6.07) is 9.33. The third-order valence-corrected chi connectivity index (χ3v) is 4.13. The second-order valence-electron chi connectivity index (χ2n) is 5.76. The molecule has 1 saturated heterocycles. The van der Waals surface area contributed by atoms with E-state index in [0.717, 1.165) is 23.0 Å². The molecule has 1 aromatic carbocycles. The number of aryl methyl sites for hydroxylation is 1. The molecule has 1 fully saturated rings. The van der Waals surface area contributed by atoms with Crippen LogP contribution < -0.4 is 0 Å². The van der Waals surface area contributed by atoms with Gasteiger partial charge >= 0.3 is 5.97 Å². The molecule has 1 aliphatic rings. The highest BCUT2D eigenvalue weighted by molar-refractivity contribution is 6.06. The van der Waals surface area contributed by atoms with Crippen LogP contribution in [0.5, 0.6) is 0 Å². The number of rotatable bonds is 2. The van der Waals surface area contributed by atoms with E-state index in [-0.39, 0.29) is 12.5 Å². The molecule has 1 amide bonds. The van der Waals surface area contributed by atoms with Gasteiger partial charge in [-0.2, -0.15) is 0 Å². The maximum Gasteiger partial charge on any atom is 0.308 e. The summed E-state index contributed by atoms with van der Waals surface area (Å²) < 4.78 is 0. The first-order valence-electron chi connectivity index (χ1n) is 7.45. The number of amides is 1. The van der Waals surface area contributed by atoms with Crippen LogP contribution in [-0.2, 0) is 4.79 Å². The van der Waals surface area contributed by atoms with E-state index in [0.29, 0.717) is 18.5 Å². The predicted molar refractivity (Wildman–Crippen MR) is 82.7 cm³/mol. The standard InChI is InChI=1S/C17H18N2O3/c1-11-9-14(13-6-2-3-7-15(13)18-11)16(20)19-8-4-5-12(10-19)17(21)22/h2-3,6-7,9,12H,4-5,8,10H2,1H3,(H,21,22)/t12-/m1/s1. The summed E-state index contributed by atoms with van der Waals surface area (Å²) in [7, 11) is 0. The minimum atomic E-state index is -0.826. The van der Waals surface area contributed by atoms with Gasteiger partial charge in [-0.3, -0.25) is 14.6 Å². The predicted octanol–water partition coefficient (Wildman–Crippen LogP) is 2.48. The molecular formula is C17H18N2O3. The fourth-order valence-corrected chi connectivity index (χ4v) is 3.02. The van der Waals surface area contributed by atoms with Gasteiger partial charge in [0.25, 0.3) is 5.91 Å². The van der Waals surface area contributed by atoms with E-state index >= 15 is 0 Å². The fraction of sp³-hybridized carbons (Fsp3) is 0.353. The Bertz CT molecular complexity index is 742. The van der Waals surface area contributed by atoms with Crippen LogP contribution in [-0.4, -0.2) is 40.0 Å². The van der Waals surface area contributed by atoms with Crippen molar-refractivity contribution in [2.75, 3.05) is 13.1 Å². The quantitative estimate of drug-likeness (QED) is 0.924. The Morgan fingerprint density at radius 2 is 2.09 bits per heavy atom. The topological polar surface area (TPSA) is 70.5 Å². The number of carboxylic acid groups (broad SMARTS) is 1. The van der Waals surface area contributed by atoms with Crippen molar-refractivity contribution in [1.82, 2.24) is 9.88 Å². The summed E-state index contributed by atoms with van der Waals surface area (Å²) in [5.74, 6) is -1.40. The number of para-hydroxylation sites is 1. The average Bonchev–Trinajstić information content (AvgIpc) is 2.53. The second-order valence-corrected chi connectivity index (χ2v) is 5.76. The highest BCUT2D eigenvalue weighted by Crippen LogP contribution is 2.23. The molecule has 3 rings (SSSR count). The zero-order valence-corrected chi connectivity index (χ0v) is 12.5. The number of benzene rings is 1. The molecule has 5 heteroatoms. The zero-order chi connectivity index (χ0) is 15.7. The van der Waals surface area contributed by atoms with Gasteiger partial charge in [-0.1, -0.05) is 18.2 Å². The number of piperidine rings is 1. The van der Waals surface area contributed by atoms with Crippen LogP contribution in [0.1, 0.15) is 28.9 Å². The normalized spacial score (nSPS) is 18.4. The Hall–Kier alpha value is -2.43. The first-order valence-corrected chi connectivity index (χ1v) is 7.45. The third-order valence-electron chi connectivity index (χ3n) is 4.13. The van der Waals surface area contributed by atoms with Gasteiger partial charge in [0.1, 0.15) is 0 Å². The second kappa shape index (κ2) is 5.75. The fourth-order valence-electron chi connectivity index (χ4n) is 3.02. The number of hydrogen-bond acceptors (Lipinski definition) is 3. The minimum absolute atomic E-state index is 0.104. The molecular weight excluding hydrogens is 280 g/mol. The van der Waals surface area contributed by atoms with Gasteiger partial charge in [0, 0.05) is 24.2 Å². The summed E-state index contributed by atoms with van der Waals surface area (Å²) in [5, 5.41) is 9.99. The van der Waals surface area contributed by atoms with Crippen LogP contribution in [0.4, 0.5) is 0 Å². The molecule has 1 atom stereocenters. The summed E-state index contributed by atoms with van der Waals surface area (Å²) in [5.41, 5.74) is 2.18. The molecule has 1 aliphatic heterocycles. The Balaban J connectivity index is 1.97. The molecule has 0 radical (unpaired) electrons. The van der Waals surface area contributed by atoms with Gasteiger partial charge in [-0.15, -0.1) is 0 Å². The number of hydrogen-bond donors (Lipinski definition) is 1. The maximum atomic E-state index is 12.8. The lowest BCUT2D eigenvalue weighted by atomic mass is 9.97. The van der Waals surface area contributed by atoms with Gasteiger partial charge < -0.3 is 10.0 Å². The van der Waals surface area contributed by atoms with Crippen LogP contribution in [0, 0.1) is 12.8 Å². The highest BCUT2D eigenvalue weighted by atomic mass is 16.4. The third kappa shape index (κ3) is 2.66. The molecule has 0 saturated carbocycles. The van der Waals surface area contributed by atoms with E-state index in [1.807, 2.05) is 31.2 Å². The van der Waals surface area contributed by atoms with Crippen LogP contribution in [0.3, 0.4) is 0 Å². The van der Waals surface area contributed by atoms with Gasteiger partial charge in [0.2, 0.25) is 0 Å². The molecule has 0 aliphatic carbocycles. The number of fused-ring (bicyclic) bond motifs is 1. The zero-order valence-electron chi connectivity index (χ0n) is 12.5. The Morgan fingerprint density at radius 3 is 2.86 bits per heavy atom. The van der Waals surface area contributed by atoms with E-state index < -0.39 is 11.9 Å². The van der Waals surface area contributed by atoms with E-state index in [1.54, 1.807) is 11.0 Å². The lowest BCUT2D eigenvalue weighted by Crippen LogP contribution is -2.42. The van der Waals surface area contributed by atoms with Crippen molar-refractivity contribution in [3.63, 3.8) is 0 Å². The Kier molecular flexibility index (Phi) is 3.79. The Labute approximate surface area is 128 Å². The number of pyridine rings is 1. The molecule has 2 aromatic rings. The highest BCUT2D eigenvalue weighted by Gasteiger charge is 2.29. The van der Waals surface area contributed by atoms with Crippen molar-refractivity contribution in [3.8, 4) is 0 Å². The maximum absolute atomic E-state index is 12.8. The molecule has 0 unspecified atom stereocenters. The molecule has 2 heterocycles. The van der Waals surface area contributed by atoms with Crippen molar-refractivity contribution in [2.24, 2.45) is 5.92 Å². The summed E-state index contributed by atoms with van der Waals surface area (Å²) in [6.07, 6.45) is 1.36. The van der Waals surface area contributed by atoms with Gasteiger partial charge in [-0.05, 0) is 31.9 Å². The SMILES string of the molecule is Cc1cc(C(=O)N2CCC[C@@H](C(=O)O)C2)c2ccccc2n1. The largest absolute Gasteiger partial charge is 0.481 e. The molecule has 0 bridgehead atoms. The van der Waals surface area contributed by atoms with E-state index in [2.05, 4.69) is 4.98 Å². The number of aliphatic carboxylic acids is 1. The number of nitrogens with zero attached hydrogens (tertiary/aromatic N) is 2. The smallest absolute Gasteiger partial charge is 0.308 e. The number of carbonyl (C=O) groups is 2. The van der Waals surface area contributed by atoms with Crippen molar-refractivity contribution in [2.45, 2.75) is 19.8 Å². The monoisotopic (exact) mass is 298 g/mol. The van der Waals surface area contributed by atoms with Crippen molar-refractivity contribution in [3.05, 3.63) is 41.6 Å². The van der Waals surface area contributed by atoms with Crippen molar-refractivity contribution in [1.29, 1.82) is 0 Å².